The fourth-order valence-electron chi connectivity index (χ4n) is 0.691. The minimum absolute atomic E-state index is 0.0100. The van der Waals surface area contributed by atoms with E-state index in [-0.39, 0.29) is 12.1 Å². The van der Waals surface area contributed by atoms with E-state index in [2.05, 4.69) is 0 Å². The van der Waals surface area contributed by atoms with Gasteiger partial charge in [0.25, 0.3) is 0 Å². The average molecular weight is 135 g/mol. The predicted octanol–water partition coefficient (Wildman–Crippen LogP) is 0.931. The summed E-state index contributed by atoms with van der Waals surface area (Å²) >= 11 is 5.40. The number of ether oxygens (including phenoxy) is 1. The van der Waals surface area contributed by atoms with Crippen LogP contribution in [0.2, 0.25) is 0 Å². The van der Waals surface area contributed by atoms with Gasteiger partial charge in [-0.1, -0.05) is 0 Å². The zero-order chi connectivity index (χ0) is 5.98. The standard InChI is InChI=1S/C5H7ClO2/c6-3-4-1-2-5(7)8-4/h4H,1-3H2/t4-/m1/s1. The highest BCUT2D eigenvalue weighted by Crippen LogP contribution is 2.13. The van der Waals surface area contributed by atoms with Gasteiger partial charge in [0.15, 0.2) is 0 Å². The second kappa shape index (κ2) is 2.35. The fraction of sp³-hybridized carbons (Fsp3) is 0.800. The topological polar surface area (TPSA) is 26.3 Å². The maximum Gasteiger partial charge on any atom is 0.306 e. The lowest BCUT2D eigenvalue weighted by atomic mass is 10.3. The van der Waals surface area contributed by atoms with Gasteiger partial charge in [-0.25, -0.2) is 0 Å². The van der Waals surface area contributed by atoms with Crippen molar-refractivity contribution in [1.29, 1.82) is 0 Å². The summed E-state index contributed by atoms with van der Waals surface area (Å²) < 4.78 is 4.74. The second-order valence-electron chi connectivity index (χ2n) is 1.80. The van der Waals surface area contributed by atoms with Crippen LogP contribution < -0.4 is 0 Å². The molecule has 0 N–H and O–H groups in total. The van der Waals surface area contributed by atoms with Gasteiger partial charge in [-0.05, 0) is 6.42 Å². The highest BCUT2D eigenvalue weighted by Gasteiger charge is 2.21. The van der Waals surface area contributed by atoms with Crippen molar-refractivity contribution in [2.75, 3.05) is 5.88 Å². The Hall–Kier alpha value is -0.240. The van der Waals surface area contributed by atoms with Crippen LogP contribution in [-0.4, -0.2) is 18.0 Å². The smallest absolute Gasteiger partial charge is 0.306 e. The zero-order valence-electron chi connectivity index (χ0n) is 4.39. The summed E-state index contributed by atoms with van der Waals surface area (Å²) in [5.74, 6) is 0.321. The zero-order valence-corrected chi connectivity index (χ0v) is 5.15. The molecule has 0 radical (unpaired) electrons. The molecule has 1 fully saturated rings. The number of alkyl halides is 1. The van der Waals surface area contributed by atoms with Gasteiger partial charge in [0.05, 0.1) is 5.88 Å². The summed E-state index contributed by atoms with van der Waals surface area (Å²) in [6, 6.07) is 0. The van der Waals surface area contributed by atoms with Crippen LogP contribution in [0.1, 0.15) is 12.8 Å². The summed E-state index contributed by atoms with van der Waals surface area (Å²) in [7, 11) is 0. The molecule has 0 aliphatic carbocycles. The van der Waals surface area contributed by atoms with Crippen LogP contribution in [0.3, 0.4) is 0 Å². The third-order valence-electron chi connectivity index (χ3n) is 1.14. The average Bonchev–Trinajstić information content (AvgIpc) is 2.14. The van der Waals surface area contributed by atoms with E-state index in [9.17, 15) is 4.79 Å². The van der Waals surface area contributed by atoms with Crippen molar-refractivity contribution in [2.45, 2.75) is 18.9 Å². The Labute approximate surface area is 52.8 Å². The molecule has 1 rings (SSSR count). The lowest BCUT2D eigenvalue weighted by molar-refractivity contribution is -0.140. The number of hydrogen-bond donors (Lipinski definition) is 0. The monoisotopic (exact) mass is 134 g/mol. The molecule has 0 aromatic heterocycles. The van der Waals surface area contributed by atoms with E-state index in [0.29, 0.717) is 12.3 Å². The van der Waals surface area contributed by atoms with Gasteiger partial charge < -0.3 is 4.74 Å². The molecule has 0 aromatic carbocycles. The SMILES string of the molecule is O=C1CC[C@H](CCl)O1. The number of cyclic esters (lactones) is 1. The van der Waals surface area contributed by atoms with Crippen molar-refractivity contribution in [3.8, 4) is 0 Å². The van der Waals surface area contributed by atoms with Crippen molar-refractivity contribution in [3.05, 3.63) is 0 Å². The molecule has 0 amide bonds. The summed E-state index contributed by atoms with van der Waals surface area (Å²) in [4.78, 5) is 10.3. The molecule has 8 heavy (non-hydrogen) atoms. The number of halogens is 1. The molecule has 0 spiro atoms. The molecule has 0 bridgehead atoms. The highest BCUT2D eigenvalue weighted by atomic mass is 35.5. The van der Waals surface area contributed by atoms with Crippen LogP contribution >= 0.6 is 11.6 Å². The molecule has 2 nitrogen and oxygen atoms in total. The van der Waals surface area contributed by atoms with Crippen LogP contribution in [0.25, 0.3) is 0 Å². The molecular weight excluding hydrogens is 128 g/mol. The van der Waals surface area contributed by atoms with Crippen molar-refractivity contribution < 1.29 is 9.53 Å². The van der Waals surface area contributed by atoms with Gasteiger partial charge in [0, 0.05) is 6.42 Å². The Balaban J connectivity index is 2.32. The first kappa shape index (κ1) is 5.89. The van der Waals surface area contributed by atoms with Gasteiger partial charge in [-0.3, -0.25) is 4.79 Å². The summed E-state index contributed by atoms with van der Waals surface area (Å²) in [5.41, 5.74) is 0. The van der Waals surface area contributed by atoms with Crippen molar-refractivity contribution in [1.82, 2.24) is 0 Å². The number of esters is 1. The van der Waals surface area contributed by atoms with Crippen molar-refractivity contribution >= 4 is 17.6 Å². The molecule has 1 aliphatic heterocycles. The van der Waals surface area contributed by atoms with Crippen molar-refractivity contribution in [3.63, 3.8) is 0 Å². The van der Waals surface area contributed by atoms with E-state index >= 15 is 0 Å². The molecule has 1 saturated heterocycles. The van der Waals surface area contributed by atoms with E-state index in [1.807, 2.05) is 0 Å². The van der Waals surface area contributed by atoms with Crippen LogP contribution in [0.4, 0.5) is 0 Å². The molecule has 0 aromatic rings. The van der Waals surface area contributed by atoms with Crippen LogP contribution in [0, 0.1) is 0 Å². The summed E-state index contributed by atoms with van der Waals surface area (Å²) in [6.45, 7) is 0. The third-order valence-corrected chi connectivity index (χ3v) is 1.48. The Morgan fingerprint density at radius 2 is 2.62 bits per heavy atom. The molecule has 46 valence electrons. The highest BCUT2D eigenvalue weighted by molar-refractivity contribution is 6.18. The van der Waals surface area contributed by atoms with E-state index in [4.69, 9.17) is 16.3 Å². The first-order chi connectivity index (χ1) is 3.83. The Kier molecular flexibility index (Phi) is 1.73. The number of rotatable bonds is 1. The molecule has 1 aliphatic rings. The molecule has 3 heteroatoms. The summed E-state index contributed by atoms with van der Waals surface area (Å²) in [5, 5.41) is 0. The maximum absolute atomic E-state index is 10.3. The third kappa shape index (κ3) is 1.13. The van der Waals surface area contributed by atoms with Crippen LogP contribution in [0.5, 0.6) is 0 Å². The first-order valence-electron chi connectivity index (χ1n) is 2.58. The minimum Gasteiger partial charge on any atom is -0.461 e. The Morgan fingerprint density at radius 1 is 1.88 bits per heavy atom. The number of carbonyl (C=O) groups is 1. The van der Waals surface area contributed by atoms with E-state index < -0.39 is 0 Å². The number of carbonyl (C=O) groups excluding carboxylic acids is 1. The lowest BCUT2D eigenvalue weighted by Crippen LogP contribution is -2.07. The number of hydrogen-bond acceptors (Lipinski definition) is 2. The maximum atomic E-state index is 10.3. The normalized spacial score (nSPS) is 28.1. The Morgan fingerprint density at radius 3 is 2.88 bits per heavy atom. The molecular formula is C5H7ClO2. The van der Waals surface area contributed by atoms with E-state index in [1.165, 1.54) is 0 Å². The van der Waals surface area contributed by atoms with Crippen molar-refractivity contribution in [2.24, 2.45) is 0 Å². The summed E-state index contributed by atoms with van der Waals surface area (Å²) in [6.07, 6.45) is 1.32. The second-order valence-corrected chi connectivity index (χ2v) is 2.11. The lowest BCUT2D eigenvalue weighted by Gasteiger charge is -2.00. The molecule has 0 unspecified atom stereocenters. The van der Waals surface area contributed by atoms with E-state index in [0.717, 1.165) is 6.42 Å². The predicted molar refractivity (Wildman–Crippen MR) is 29.8 cm³/mol. The van der Waals surface area contributed by atoms with Crippen LogP contribution in [-0.2, 0) is 9.53 Å². The quantitative estimate of drug-likeness (QED) is 0.394. The van der Waals surface area contributed by atoms with Gasteiger partial charge in [-0.2, -0.15) is 0 Å². The van der Waals surface area contributed by atoms with Gasteiger partial charge in [-0.15, -0.1) is 11.6 Å². The van der Waals surface area contributed by atoms with Gasteiger partial charge in [0.1, 0.15) is 6.10 Å². The molecule has 1 heterocycles. The van der Waals surface area contributed by atoms with E-state index in [1.54, 1.807) is 0 Å². The molecule has 1 atom stereocenters. The Bertz CT molecular complexity index is 103. The fourth-order valence-corrected chi connectivity index (χ4v) is 0.909. The van der Waals surface area contributed by atoms with Gasteiger partial charge in [0.2, 0.25) is 0 Å². The van der Waals surface area contributed by atoms with Crippen LogP contribution in [0.15, 0.2) is 0 Å². The largest absolute Gasteiger partial charge is 0.461 e. The van der Waals surface area contributed by atoms with Gasteiger partial charge >= 0.3 is 5.97 Å². The first-order valence-corrected chi connectivity index (χ1v) is 3.12. The molecule has 0 saturated carbocycles. The minimum atomic E-state index is -0.115.